The van der Waals surface area contributed by atoms with E-state index in [4.69, 9.17) is 5.73 Å². The van der Waals surface area contributed by atoms with E-state index in [1.165, 1.54) is 11.3 Å². The molecule has 0 spiro atoms. The highest BCUT2D eigenvalue weighted by Crippen LogP contribution is 2.28. The first kappa shape index (κ1) is 13.4. The van der Waals surface area contributed by atoms with E-state index in [0.29, 0.717) is 22.1 Å². The number of nitrogens with one attached hydrogen (secondary N) is 1. The van der Waals surface area contributed by atoms with Gasteiger partial charge in [0, 0.05) is 16.6 Å². The van der Waals surface area contributed by atoms with Crippen molar-refractivity contribution in [3.63, 3.8) is 0 Å². The van der Waals surface area contributed by atoms with Crippen molar-refractivity contribution in [2.45, 2.75) is 20.3 Å². The molecule has 0 aliphatic heterocycles. The fourth-order valence-electron chi connectivity index (χ4n) is 1.73. The number of hydrogen-bond acceptors (Lipinski definition) is 5. The predicted octanol–water partition coefficient (Wildman–Crippen LogP) is 2.23. The van der Waals surface area contributed by atoms with Crippen molar-refractivity contribution in [1.82, 2.24) is 4.98 Å². The van der Waals surface area contributed by atoms with Crippen molar-refractivity contribution < 1.29 is 9.90 Å². The summed E-state index contributed by atoms with van der Waals surface area (Å²) in [5, 5.41) is 14.8. The number of benzene rings is 1. The zero-order valence-electron chi connectivity index (χ0n) is 10.7. The van der Waals surface area contributed by atoms with E-state index in [1.807, 2.05) is 6.92 Å². The molecule has 0 aliphatic carbocycles. The van der Waals surface area contributed by atoms with Gasteiger partial charge in [-0.3, -0.25) is 4.79 Å². The van der Waals surface area contributed by atoms with E-state index in [0.717, 1.165) is 5.56 Å². The Bertz CT molecular complexity index is 622. The number of anilines is 2. The van der Waals surface area contributed by atoms with Crippen LogP contribution in [0.15, 0.2) is 17.5 Å². The maximum absolute atomic E-state index is 11.9. The Hall–Kier alpha value is -2.08. The summed E-state index contributed by atoms with van der Waals surface area (Å²) < 4.78 is 0. The van der Waals surface area contributed by atoms with Crippen LogP contribution >= 0.6 is 11.3 Å². The molecule has 1 amide bonds. The van der Waals surface area contributed by atoms with Gasteiger partial charge in [-0.25, -0.2) is 4.98 Å². The van der Waals surface area contributed by atoms with Crippen LogP contribution in [0.3, 0.4) is 0 Å². The summed E-state index contributed by atoms with van der Waals surface area (Å²) in [7, 11) is 0. The lowest BCUT2D eigenvalue weighted by Gasteiger charge is -2.10. The van der Waals surface area contributed by atoms with Gasteiger partial charge in [0.15, 0.2) is 5.13 Å². The lowest BCUT2D eigenvalue weighted by Crippen LogP contribution is -2.15. The molecule has 0 saturated carbocycles. The van der Waals surface area contributed by atoms with Crippen LogP contribution in [0.2, 0.25) is 0 Å². The third kappa shape index (κ3) is 3.03. The van der Waals surface area contributed by atoms with E-state index in [2.05, 4.69) is 10.3 Å². The minimum atomic E-state index is -0.184. The van der Waals surface area contributed by atoms with Crippen LogP contribution < -0.4 is 11.1 Å². The maximum Gasteiger partial charge on any atom is 0.230 e. The van der Waals surface area contributed by atoms with E-state index in [1.54, 1.807) is 24.4 Å². The Kier molecular flexibility index (Phi) is 3.71. The maximum atomic E-state index is 11.9. The SMILES string of the molecule is Cc1ccc(NC(=O)Cc2csc(N)n2)c(C)c1O. The van der Waals surface area contributed by atoms with Gasteiger partial charge in [0.05, 0.1) is 12.1 Å². The van der Waals surface area contributed by atoms with E-state index in [-0.39, 0.29) is 18.1 Å². The largest absolute Gasteiger partial charge is 0.507 e. The minimum Gasteiger partial charge on any atom is -0.507 e. The summed E-state index contributed by atoms with van der Waals surface area (Å²) in [5.41, 5.74) is 8.20. The fourth-order valence-corrected chi connectivity index (χ4v) is 2.30. The monoisotopic (exact) mass is 277 g/mol. The van der Waals surface area contributed by atoms with Crippen LogP contribution in [-0.2, 0) is 11.2 Å². The molecule has 0 atom stereocenters. The predicted molar refractivity (Wildman–Crippen MR) is 76.4 cm³/mol. The Labute approximate surface area is 115 Å². The van der Waals surface area contributed by atoms with Crippen LogP contribution in [-0.4, -0.2) is 16.0 Å². The molecule has 0 fully saturated rings. The number of phenols is 1. The Morgan fingerprint density at radius 3 is 2.84 bits per heavy atom. The van der Waals surface area contributed by atoms with Gasteiger partial charge in [-0.2, -0.15) is 0 Å². The van der Waals surface area contributed by atoms with Gasteiger partial charge in [-0.05, 0) is 25.5 Å². The number of nitrogens with zero attached hydrogens (tertiary/aromatic N) is 1. The Balaban J connectivity index is 2.09. The Morgan fingerprint density at radius 2 is 2.21 bits per heavy atom. The number of aromatic nitrogens is 1. The van der Waals surface area contributed by atoms with Crippen molar-refractivity contribution in [3.8, 4) is 5.75 Å². The van der Waals surface area contributed by atoms with Gasteiger partial charge in [-0.1, -0.05) is 6.07 Å². The van der Waals surface area contributed by atoms with Gasteiger partial charge in [-0.15, -0.1) is 11.3 Å². The molecule has 1 heterocycles. The number of hydrogen-bond donors (Lipinski definition) is 3. The van der Waals surface area contributed by atoms with Crippen LogP contribution in [0.1, 0.15) is 16.8 Å². The number of nitrogens with two attached hydrogens (primary N) is 1. The van der Waals surface area contributed by atoms with E-state index in [9.17, 15) is 9.90 Å². The second-order valence-electron chi connectivity index (χ2n) is 4.31. The first-order valence-corrected chi connectivity index (χ1v) is 6.64. The van der Waals surface area contributed by atoms with Crippen molar-refractivity contribution in [2.75, 3.05) is 11.1 Å². The van der Waals surface area contributed by atoms with E-state index < -0.39 is 0 Å². The summed E-state index contributed by atoms with van der Waals surface area (Å²) in [4.78, 5) is 15.9. The fraction of sp³-hybridized carbons (Fsp3) is 0.231. The van der Waals surface area contributed by atoms with Crippen LogP contribution in [0.5, 0.6) is 5.75 Å². The molecule has 0 aliphatic rings. The van der Waals surface area contributed by atoms with Gasteiger partial charge in [0.25, 0.3) is 0 Å². The number of nitrogen functional groups attached to an aromatic ring is 1. The summed E-state index contributed by atoms with van der Waals surface area (Å²) in [5.74, 6) is 0.0207. The van der Waals surface area contributed by atoms with Crippen molar-refractivity contribution in [1.29, 1.82) is 0 Å². The highest BCUT2D eigenvalue weighted by Gasteiger charge is 2.11. The molecular weight excluding hydrogens is 262 g/mol. The molecule has 1 aromatic carbocycles. The van der Waals surface area contributed by atoms with Crippen molar-refractivity contribution >= 4 is 28.1 Å². The molecule has 0 radical (unpaired) electrons. The van der Waals surface area contributed by atoms with E-state index >= 15 is 0 Å². The van der Waals surface area contributed by atoms with Crippen molar-refractivity contribution in [3.05, 3.63) is 34.3 Å². The summed E-state index contributed by atoms with van der Waals surface area (Å²) in [6.45, 7) is 3.57. The number of carbonyl (C=O) groups excluding carboxylic acids is 1. The molecule has 2 aromatic rings. The topological polar surface area (TPSA) is 88.2 Å². The van der Waals surface area contributed by atoms with Crippen LogP contribution in [0.25, 0.3) is 0 Å². The third-order valence-corrected chi connectivity index (χ3v) is 3.54. The summed E-state index contributed by atoms with van der Waals surface area (Å²) in [6.07, 6.45) is 0.168. The number of phenolic OH excluding ortho intramolecular Hbond substituents is 1. The summed E-state index contributed by atoms with van der Waals surface area (Å²) in [6, 6.07) is 3.54. The molecular formula is C13H15N3O2S. The first-order chi connectivity index (χ1) is 8.97. The molecule has 0 bridgehead atoms. The second-order valence-corrected chi connectivity index (χ2v) is 5.20. The molecule has 0 saturated heterocycles. The average molecular weight is 277 g/mol. The number of amides is 1. The lowest BCUT2D eigenvalue weighted by atomic mass is 10.1. The van der Waals surface area contributed by atoms with Gasteiger partial charge >= 0.3 is 0 Å². The van der Waals surface area contributed by atoms with Crippen LogP contribution in [0.4, 0.5) is 10.8 Å². The molecule has 2 rings (SSSR count). The molecule has 1 aromatic heterocycles. The highest BCUT2D eigenvalue weighted by molar-refractivity contribution is 7.13. The lowest BCUT2D eigenvalue weighted by molar-refractivity contribution is -0.115. The zero-order valence-corrected chi connectivity index (χ0v) is 11.5. The summed E-state index contributed by atoms with van der Waals surface area (Å²) >= 11 is 1.31. The molecule has 5 nitrogen and oxygen atoms in total. The third-order valence-electron chi connectivity index (χ3n) is 2.82. The minimum absolute atomic E-state index is 0.168. The second kappa shape index (κ2) is 5.27. The normalized spacial score (nSPS) is 10.4. The number of aryl methyl sites for hydroxylation is 1. The number of aromatic hydroxyl groups is 1. The highest BCUT2D eigenvalue weighted by atomic mass is 32.1. The molecule has 100 valence electrons. The van der Waals surface area contributed by atoms with Gasteiger partial charge < -0.3 is 16.2 Å². The molecule has 19 heavy (non-hydrogen) atoms. The number of carbonyl (C=O) groups is 1. The first-order valence-electron chi connectivity index (χ1n) is 5.76. The molecule has 4 N–H and O–H groups in total. The average Bonchev–Trinajstić information content (AvgIpc) is 2.75. The smallest absolute Gasteiger partial charge is 0.230 e. The van der Waals surface area contributed by atoms with Crippen molar-refractivity contribution in [2.24, 2.45) is 0 Å². The number of thiazole rings is 1. The quantitative estimate of drug-likeness (QED) is 0.802. The molecule has 0 unspecified atom stereocenters. The Morgan fingerprint density at radius 1 is 1.47 bits per heavy atom. The van der Waals surface area contributed by atoms with Gasteiger partial charge in [0.2, 0.25) is 5.91 Å². The molecule has 6 heteroatoms. The standard InChI is InChI=1S/C13H15N3O2S/c1-7-3-4-10(8(2)12(7)18)16-11(17)5-9-6-19-13(14)15-9/h3-4,6,18H,5H2,1-2H3,(H2,14,15)(H,16,17). The van der Waals surface area contributed by atoms with Gasteiger partial charge in [0.1, 0.15) is 5.75 Å². The zero-order chi connectivity index (χ0) is 14.0. The van der Waals surface area contributed by atoms with Crippen LogP contribution in [0, 0.1) is 13.8 Å². The number of rotatable bonds is 3.